The summed E-state index contributed by atoms with van der Waals surface area (Å²) in [7, 11) is 0. The molecule has 6 heteroatoms. The number of hydrogen-bond acceptors (Lipinski definition) is 2. The molecule has 0 spiro atoms. The van der Waals surface area contributed by atoms with Crippen LogP contribution in [-0.4, -0.2) is 11.8 Å². The van der Waals surface area contributed by atoms with Crippen LogP contribution >= 0.6 is 0 Å². The first-order valence-electron chi connectivity index (χ1n) is 7.76. The normalized spacial score (nSPS) is 21.0. The number of hydrogen-bond donors (Lipinski definition) is 2. The van der Waals surface area contributed by atoms with Gasteiger partial charge in [0, 0.05) is 13.0 Å². The van der Waals surface area contributed by atoms with Crippen LogP contribution in [0.5, 0.6) is 0 Å². The van der Waals surface area contributed by atoms with Gasteiger partial charge in [-0.05, 0) is 31.2 Å². The standard InChI is InChI=1S/C18H22F2N2O2/c1-9(2)6-11-16(18(11,4)5)17(24)22-15-8-14(21-10(3)23)12(19)7-13(15)20/h6-8,11,16H,1-5H3,(H,21,23)(H,22,24)/t11-,16-/m1/s1. The number of carbonyl (C=O) groups excluding carboxylic acids is 2. The second-order valence-electron chi connectivity index (χ2n) is 7.05. The molecule has 0 heterocycles. The summed E-state index contributed by atoms with van der Waals surface area (Å²) in [5.41, 5.74) is 0.585. The predicted molar refractivity (Wildman–Crippen MR) is 89.5 cm³/mol. The smallest absolute Gasteiger partial charge is 0.228 e. The van der Waals surface area contributed by atoms with Crippen LogP contribution in [0.2, 0.25) is 0 Å². The number of halogens is 2. The lowest BCUT2D eigenvalue weighted by Crippen LogP contribution is -2.18. The molecule has 0 aromatic heterocycles. The van der Waals surface area contributed by atoms with Gasteiger partial charge in [0.25, 0.3) is 0 Å². The quantitative estimate of drug-likeness (QED) is 0.813. The Kier molecular flexibility index (Phi) is 4.78. The number of nitrogens with one attached hydrogen (secondary N) is 2. The molecule has 2 amide bonds. The minimum atomic E-state index is -0.894. The Bertz CT molecular complexity index is 722. The molecule has 0 radical (unpaired) electrons. The molecule has 0 saturated heterocycles. The first-order valence-corrected chi connectivity index (χ1v) is 7.76. The summed E-state index contributed by atoms with van der Waals surface area (Å²) in [6.45, 7) is 9.10. The molecule has 1 aromatic carbocycles. The van der Waals surface area contributed by atoms with E-state index in [1.807, 2.05) is 33.8 Å². The van der Waals surface area contributed by atoms with Crippen molar-refractivity contribution >= 4 is 23.2 Å². The highest BCUT2D eigenvalue weighted by molar-refractivity contribution is 5.97. The summed E-state index contributed by atoms with van der Waals surface area (Å²) in [4.78, 5) is 23.5. The Balaban J connectivity index is 2.21. The molecule has 1 saturated carbocycles. The predicted octanol–water partition coefficient (Wildman–Crippen LogP) is 4.10. The number of benzene rings is 1. The van der Waals surface area contributed by atoms with Gasteiger partial charge in [-0.2, -0.15) is 0 Å². The first-order chi connectivity index (χ1) is 11.0. The largest absolute Gasteiger partial charge is 0.324 e. The molecule has 24 heavy (non-hydrogen) atoms. The van der Waals surface area contributed by atoms with E-state index in [1.165, 1.54) is 6.92 Å². The molecule has 1 aliphatic rings. The minimum Gasteiger partial charge on any atom is -0.324 e. The van der Waals surface area contributed by atoms with E-state index in [2.05, 4.69) is 10.6 Å². The van der Waals surface area contributed by atoms with Gasteiger partial charge in [0.15, 0.2) is 0 Å². The summed E-state index contributed by atoms with van der Waals surface area (Å²) in [6.07, 6.45) is 2.04. The van der Waals surface area contributed by atoms with E-state index < -0.39 is 17.5 Å². The summed E-state index contributed by atoms with van der Waals surface area (Å²) in [5.74, 6) is -2.77. The lowest BCUT2D eigenvalue weighted by Gasteiger charge is -2.11. The van der Waals surface area contributed by atoms with Crippen LogP contribution in [0.4, 0.5) is 20.2 Å². The molecule has 0 bridgehead atoms. The first kappa shape index (κ1) is 18.1. The Hall–Kier alpha value is -2.24. The Morgan fingerprint density at radius 2 is 1.58 bits per heavy atom. The van der Waals surface area contributed by atoms with E-state index in [9.17, 15) is 18.4 Å². The van der Waals surface area contributed by atoms with E-state index in [0.717, 1.165) is 11.6 Å². The maximum absolute atomic E-state index is 13.9. The summed E-state index contributed by atoms with van der Waals surface area (Å²) >= 11 is 0. The highest BCUT2D eigenvalue weighted by atomic mass is 19.1. The topological polar surface area (TPSA) is 58.2 Å². The van der Waals surface area contributed by atoms with Crippen LogP contribution in [0.3, 0.4) is 0 Å². The maximum Gasteiger partial charge on any atom is 0.228 e. The number of anilines is 2. The zero-order chi connectivity index (χ0) is 18.2. The van der Waals surface area contributed by atoms with E-state index in [0.29, 0.717) is 6.07 Å². The molecule has 2 atom stereocenters. The fourth-order valence-electron chi connectivity index (χ4n) is 2.99. The summed E-state index contributed by atoms with van der Waals surface area (Å²) < 4.78 is 27.6. The average Bonchev–Trinajstić information content (AvgIpc) is 2.95. The SMILES string of the molecule is CC(=O)Nc1cc(NC(=O)[C@H]2[C@@H](C=C(C)C)C2(C)C)c(F)cc1F. The van der Waals surface area contributed by atoms with Crippen LogP contribution in [0, 0.1) is 28.9 Å². The van der Waals surface area contributed by atoms with Crippen molar-refractivity contribution in [3.05, 3.63) is 35.4 Å². The molecule has 0 aliphatic heterocycles. The number of rotatable bonds is 4. The van der Waals surface area contributed by atoms with Crippen LogP contribution in [0.1, 0.15) is 34.6 Å². The number of amides is 2. The van der Waals surface area contributed by atoms with Gasteiger partial charge in [0.2, 0.25) is 11.8 Å². The summed E-state index contributed by atoms with van der Waals surface area (Å²) in [5, 5.41) is 4.78. The molecule has 2 rings (SSSR count). The minimum absolute atomic E-state index is 0.0841. The third kappa shape index (κ3) is 3.63. The summed E-state index contributed by atoms with van der Waals surface area (Å²) in [6, 6.07) is 1.74. The van der Waals surface area contributed by atoms with Gasteiger partial charge in [-0.1, -0.05) is 25.5 Å². The monoisotopic (exact) mass is 336 g/mol. The van der Waals surface area contributed by atoms with E-state index in [-0.39, 0.29) is 34.5 Å². The second kappa shape index (κ2) is 6.34. The van der Waals surface area contributed by atoms with Crippen LogP contribution < -0.4 is 10.6 Å². The van der Waals surface area contributed by atoms with Crippen LogP contribution in [0.15, 0.2) is 23.8 Å². The molecule has 1 fully saturated rings. The van der Waals surface area contributed by atoms with Gasteiger partial charge in [-0.25, -0.2) is 8.78 Å². The van der Waals surface area contributed by atoms with Crippen molar-refractivity contribution in [1.29, 1.82) is 0 Å². The van der Waals surface area contributed by atoms with Gasteiger partial charge in [0.1, 0.15) is 11.6 Å². The second-order valence-corrected chi connectivity index (χ2v) is 7.05. The Morgan fingerprint density at radius 1 is 1.04 bits per heavy atom. The van der Waals surface area contributed by atoms with Crippen LogP contribution in [-0.2, 0) is 9.59 Å². The van der Waals surface area contributed by atoms with Crippen molar-refractivity contribution in [2.24, 2.45) is 17.3 Å². The zero-order valence-electron chi connectivity index (χ0n) is 14.5. The van der Waals surface area contributed by atoms with Gasteiger partial charge in [-0.3, -0.25) is 9.59 Å². The molecular weight excluding hydrogens is 314 g/mol. The van der Waals surface area contributed by atoms with Crippen molar-refractivity contribution in [1.82, 2.24) is 0 Å². The molecular formula is C18H22F2N2O2. The van der Waals surface area contributed by atoms with Gasteiger partial charge in [0.05, 0.1) is 17.3 Å². The molecule has 1 aromatic rings. The molecule has 0 unspecified atom stereocenters. The Labute approximate surface area is 140 Å². The fourth-order valence-corrected chi connectivity index (χ4v) is 2.99. The Morgan fingerprint density at radius 3 is 2.08 bits per heavy atom. The van der Waals surface area contributed by atoms with Gasteiger partial charge < -0.3 is 10.6 Å². The van der Waals surface area contributed by atoms with Crippen molar-refractivity contribution in [3.8, 4) is 0 Å². The van der Waals surface area contributed by atoms with E-state index in [4.69, 9.17) is 0 Å². The van der Waals surface area contributed by atoms with Crippen molar-refractivity contribution in [2.75, 3.05) is 10.6 Å². The molecule has 2 N–H and O–H groups in total. The fraction of sp³-hybridized carbons (Fsp3) is 0.444. The maximum atomic E-state index is 13.9. The number of allylic oxidation sites excluding steroid dienone is 2. The third-order valence-corrected chi connectivity index (χ3v) is 4.33. The van der Waals surface area contributed by atoms with Gasteiger partial charge >= 0.3 is 0 Å². The van der Waals surface area contributed by atoms with Crippen LogP contribution in [0.25, 0.3) is 0 Å². The lowest BCUT2D eigenvalue weighted by molar-refractivity contribution is -0.118. The van der Waals surface area contributed by atoms with E-state index >= 15 is 0 Å². The highest BCUT2D eigenvalue weighted by Crippen LogP contribution is 2.59. The van der Waals surface area contributed by atoms with Crippen molar-refractivity contribution < 1.29 is 18.4 Å². The number of carbonyl (C=O) groups is 2. The lowest BCUT2D eigenvalue weighted by atomic mass is 10.1. The molecule has 130 valence electrons. The van der Waals surface area contributed by atoms with Crippen molar-refractivity contribution in [3.63, 3.8) is 0 Å². The average molecular weight is 336 g/mol. The zero-order valence-corrected chi connectivity index (χ0v) is 14.5. The third-order valence-electron chi connectivity index (χ3n) is 4.33. The van der Waals surface area contributed by atoms with Gasteiger partial charge in [-0.15, -0.1) is 0 Å². The highest BCUT2D eigenvalue weighted by Gasteiger charge is 2.60. The van der Waals surface area contributed by atoms with Crippen molar-refractivity contribution in [2.45, 2.75) is 34.6 Å². The van der Waals surface area contributed by atoms with E-state index in [1.54, 1.807) is 0 Å². The molecule has 4 nitrogen and oxygen atoms in total. The molecule has 1 aliphatic carbocycles.